The maximum Gasteiger partial charge on any atom is 0.416 e. The van der Waals surface area contributed by atoms with E-state index in [2.05, 4.69) is 5.32 Å². The summed E-state index contributed by atoms with van der Waals surface area (Å²) in [5.41, 5.74) is 3.02. The Morgan fingerprint density at radius 1 is 0.791 bits per heavy atom. The molecule has 43 heavy (non-hydrogen) atoms. The lowest BCUT2D eigenvalue weighted by Gasteiger charge is -2.34. The molecule has 0 radical (unpaired) electrons. The van der Waals surface area contributed by atoms with Gasteiger partial charge in [0.05, 0.1) is 31.0 Å². The number of aromatic nitrogens is 1. The smallest absolute Gasteiger partial charge is 0.416 e. The van der Waals surface area contributed by atoms with E-state index < -0.39 is 17.8 Å². The van der Waals surface area contributed by atoms with Crippen molar-refractivity contribution >= 4 is 17.6 Å². The van der Waals surface area contributed by atoms with Crippen LogP contribution in [-0.4, -0.2) is 66.7 Å². The summed E-state index contributed by atoms with van der Waals surface area (Å²) in [6.45, 7) is 2.90. The summed E-state index contributed by atoms with van der Waals surface area (Å²) in [6.07, 6.45) is -4.51. The first kappa shape index (κ1) is 29.6. The van der Waals surface area contributed by atoms with Crippen molar-refractivity contribution < 1.29 is 32.2 Å². The lowest BCUT2D eigenvalue weighted by atomic mass is 10.1. The lowest BCUT2D eigenvalue weighted by molar-refractivity contribution is -0.137. The molecule has 1 saturated heterocycles. The van der Waals surface area contributed by atoms with E-state index in [1.54, 1.807) is 19.1 Å². The second-order valence-corrected chi connectivity index (χ2v) is 10.1. The number of nitrogens with zero attached hydrogens (tertiary/aromatic N) is 3. The van der Waals surface area contributed by atoms with Crippen LogP contribution in [0.5, 0.6) is 11.5 Å². The Bertz CT molecular complexity index is 1630. The van der Waals surface area contributed by atoms with Gasteiger partial charge in [0, 0.05) is 49.3 Å². The Hall–Kier alpha value is -4.93. The fourth-order valence-corrected chi connectivity index (χ4v) is 5.20. The standard InChI is InChI=1S/C32H31F3N4O4/c1-21-26(20-27(22-8-5-4-6-9-22)39(21)25-12-13-28(42-2)29(19-25)43-3)30(40)37-14-16-38(17-15-37)31(41)36-24-11-7-10-23(18-24)32(33,34)35/h4-13,18-20H,14-17H2,1-3H3,(H,36,41). The Morgan fingerprint density at radius 2 is 1.47 bits per heavy atom. The van der Waals surface area contributed by atoms with Gasteiger partial charge in [-0.1, -0.05) is 36.4 Å². The van der Waals surface area contributed by atoms with Gasteiger partial charge < -0.3 is 29.2 Å². The van der Waals surface area contributed by atoms with E-state index in [9.17, 15) is 22.8 Å². The molecule has 3 amide bonds. The van der Waals surface area contributed by atoms with E-state index in [1.165, 1.54) is 17.0 Å². The van der Waals surface area contributed by atoms with Gasteiger partial charge in [-0.05, 0) is 48.9 Å². The van der Waals surface area contributed by atoms with Crippen LogP contribution in [0, 0.1) is 6.92 Å². The molecule has 2 heterocycles. The number of amides is 3. The normalized spacial score (nSPS) is 13.5. The van der Waals surface area contributed by atoms with E-state index >= 15 is 0 Å². The second-order valence-electron chi connectivity index (χ2n) is 10.1. The Balaban J connectivity index is 1.36. The van der Waals surface area contributed by atoms with Crippen LogP contribution in [0.4, 0.5) is 23.7 Å². The van der Waals surface area contributed by atoms with Crippen LogP contribution in [-0.2, 0) is 6.18 Å². The van der Waals surface area contributed by atoms with Crippen LogP contribution in [0.1, 0.15) is 21.6 Å². The molecule has 1 aliphatic heterocycles. The van der Waals surface area contributed by atoms with Crippen LogP contribution in [0.2, 0.25) is 0 Å². The largest absolute Gasteiger partial charge is 0.493 e. The fraction of sp³-hybridized carbons (Fsp3) is 0.250. The van der Waals surface area contributed by atoms with Crippen molar-refractivity contribution in [2.45, 2.75) is 13.1 Å². The first-order valence-electron chi connectivity index (χ1n) is 13.6. The van der Waals surface area contributed by atoms with Crippen LogP contribution in [0.15, 0.2) is 78.9 Å². The highest BCUT2D eigenvalue weighted by Gasteiger charge is 2.31. The van der Waals surface area contributed by atoms with Crippen molar-refractivity contribution in [3.63, 3.8) is 0 Å². The van der Waals surface area contributed by atoms with Crippen LogP contribution in [0.25, 0.3) is 16.9 Å². The van der Waals surface area contributed by atoms with E-state index in [4.69, 9.17) is 9.47 Å². The van der Waals surface area contributed by atoms with Crippen molar-refractivity contribution in [3.8, 4) is 28.4 Å². The number of anilines is 1. The summed E-state index contributed by atoms with van der Waals surface area (Å²) in [4.78, 5) is 29.8. The number of hydrogen-bond donors (Lipinski definition) is 1. The minimum Gasteiger partial charge on any atom is -0.493 e. The number of benzene rings is 3. The van der Waals surface area contributed by atoms with Crippen molar-refractivity contribution in [2.24, 2.45) is 0 Å². The number of urea groups is 1. The van der Waals surface area contributed by atoms with Gasteiger partial charge in [-0.2, -0.15) is 13.2 Å². The topological polar surface area (TPSA) is 76.0 Å². The molecule has 0 unspecified atom stereocenters. The van der Waals surface area contributed by atoms with Gasteiger partial charge in [-0.15, -0.1) is 0 Å². The van der Waals surface area contributed by atoms with Gasteiger partial charge in [0.1, 0.15) is 0 Å². The molecular formula is C32H31F3N4O4. The third-order valence-corrected chi connectivity index (χ3v) is 7.47. The molecule has 0 spiro atoms. The minimum absolute atomic E-state index is 0.0545. The zero-order valence-corrected chi connectivity index (χ0v) is 23.9. The summed E-state index contributed by atoms with van der Waals surface area (Å²) >= 11 is 0. The quantitative estimate of drug-likeness (QED) is 0.278. The zero-order chi connectivity index (χ0) is 30.7. The third-order valence-electron chi connectivity index (χ3n) is 7.47. The van der Waals surface area contributed by atoms with Crippen molar-refractivity contribution in [2.75, 3.05) is 45.7 Å². The van der Waals surface area contributed by atoms with E-state index in [-0.39, 0.29) is 37.8 Å². The van der Waals surface area contributed by atoms with Gasteiger partial charge >= 0.3 is 12.2 Å². The maximum absolute atomic E-state index is 13.8. The monoisotopic (exact) mass is 592 g/mol. The molecule has 11 heteroatoms. The molecule has 3 aromatic carbocycles. The molecule has 4 aromatic rings. The molecule has 0 saturated carbocycles. The Labute approximate surface area is 247 Å². The van der Waals surface area contributed by atoms with E-state index in [0.29, 0.717) is 17.1 Å². The van der Waals surface area contributed by atoms with Gasteiger partial charge in [-0.3, -0.25) is 4.79 Å². The number of alkyl halides is 3. The second kappa shape index (κ2) is 12.1. The first-order valence-corrected chi connectivity index (χ1v) is 13.6. The highest BCUT2D eigenvalue weighted by Crippen LogP contribution is 2.35. The molecule has 1 aliphatic rings. The summed E-state index contributed by atoms with van der Waals surface area (Å²) in [6, 6.07) is 21.2. The number of hydrogen-bond acceptors (Lipinski definition) is 4. The van der Waals surface area contributed by atoms with Crippen molar-refractivity contribution in [1.29, 1.82) is 0 Å². The molecular weight excluding hydrogens is 561 g/mol. The molecule has 0 atom stereocenters. The number of methoxy groups -OCH3 is 2. The Kier molecular flexibility index (Phi) is 8.33. The summed E-state index contributed by atoms with van der Waals surface area (Å²) in [7, 11) is 3.13. The predicted octanol–water partition coefficient (Wildman–Crippen LogP) is 6.48. The molecule has 8 nitrogen and oxygen atoms in total. The fourth-order valence-electron chi connectivity index (χ4n) is 5.20. The van der Waals surface area contributed by atoms with Crippen LogP contribution < -0.4 is 14.8 Å². The average molecular weight is 593 g/mol. The first-order chi connectivity index (χ1) is 20.6. The van der Waals surface area contributed by atoms with Crippen LogP contribution >= 0.6 is 0 Å². The van der Waals surface area contributed by atoms with Crippen LogP contribution in [0.3, 0.4) is 0 Å². The zero-order valence-electron chi connectivity index (χ0n) is 23.9. The van der Waals surface area contributed by atoms with Gasteiger partial charge in [0.15, 0.2) is 11.5 Å². The molecule has 1 N–H and O–H groups in total. The third kappa shape index (κ3) is 6.15. The van der Waals surface area contributed by atoms with E-state index in [0.717, 1.165) is 34.8 Å². The highest BCUT2D eigenvalue weighted by atomic mass is 19.4. The number of carbonyl (C=O) groups excluding carboxylic acids is 2. The number of carbonyl (C=O) groups is 2. The maximum atomic E-state index is 13.8. The number of piperazine rings is 1. The molecule has 0 aliphatic carbocycles. The number of ether oxygens (including phenoxy) is 2. The van der Waals surface area contributed by atoms with Crippen molar-refractivity contribution in [1.82, 2.24) is 14.4 Å². The summed E-state index contributed by atoms with van der Waals surface area (Å²) in [5, 5.41) is 2.53. The summed E-state index contributed by atoms with van der Waals surface area (Å²) in [5.74, 6) is 0.968. The predicted molar refractivity (Wildman–Crippen MR) is 157 cm³/mol. The number of halogens is 3. The minimum atomic E-state index is -4.51. The van der Waals surface area contributed by atoms with Gasteiger partial charge in [-0.25, -0.2) is 4.79 Å². The van der Waals surface area contributed by atoms with Gasteiger partial charge in [0.2, 0.25) is 0 Å². The average Bonchev–Trinajstić information content (AvgIpc) is 3.37. The molecule has 0 bridgehead atoms. The van der Waals surface area contributed by atoms with Crippen molar-refractivity contribution in [3.05, 3.63) is 95.7 Å². The van der Waals surface area contributed by atoms with Gasteiger partial charge in [0.25, 0.3) is 5.91 Å². The molecule has 1 fully saturated rings. The lowest BCUT2D eigenvalue weighted by Crippen LogP contribution is -2.51. The SMILES string of the molecule is COc1ccc(-n2c(-c3ccccc3)cc(C(=O)N3CCN(C(=O)Nc4cccc(C(F)(F)F)c4)CC3)c2C)cc1OC. The number of rotatable bonds is 6. The molecule has 1 aromatic heterocycles. The Morgan fingerprint density at radius 3 is 2.12 bits per heavy atom. The number of nitrogens with one attached hydrogen (secondary N) is 1. The highest BCUT2D eigenvalue weighted by molar-refractivity contribution is 5.98. The van der Waals surface area contributed by atoms with E-state index in [1.807, 2.05) is 66.1 Å². The molecule has 5 rings (SSSR count). The summed E-state index contributed by atoms with van der Waals surface area (Å²) < 4.78 is 52.1. The molecule has 224 valence electrons.